The number of hydrogen-bond acceptors (Lipinski definition) is 4. The summed E-state index contributed by atoms with van der Waals surface area (Å²) in [4.78, 5) is 22.7. The lowest BCUT2D eigenvalue weighted by molar-refractivity contribution is -0.120. The Morgan fingerprint density at radius 1 is 1.14 bits per heavy atom. The first-order valence-corrected chi connectivity index (χ1v) is 8.07. The van der Waals surface area contributed by atoms with Crippen LogP contribution in [0.4, 0.5) is 0 Å². The predicted molar refractivity (Wildman–Crippen MR) is 83.4 cm³/mol. The smallest absolute Gasteiger partial charge is 0.244 e. The predicted octanol–water partition coefficient (Wildman–Crippen LogP) is -0.140. The van der Waals surface area contributed by atoms with Crippen LogP contribution in [0.3, 0.4) is 0 Å². The molecule has 0 aliphatic carbocycles. The molecule has 1 rings (SSSR count). The zero-order chi connectivity index (χ0) is 16.6. The molecule has 0 unspecified atom stereocenters. The van der Waals surface area contributed by atoms with Gasteiger partial charge >= 0.3 is 0 Å². The maximum atomic E-state index is 11.6. The number of amides is 2. The van der Waals surface area contributed by atoms with E-state index in [0.29, 0.717) is 5.56 Å². The van der Waals surface area contributed by atoms with Gasteiger partial charge in [-0.05, 0) is 30.8 Å². The molecule has 0 fully saturated rings. The highest BCUT2D eigenvalue weighted by Gasteiger charge is 2.09. The molecule has 8 heteroatoms. The normalized spacial score (nSPS) is 11.4. The van der Waals surface area contributed by atoms with E-state index in [9.17, 15) is 18.0 Å². The minimum absolute atomic E-state index is 0.148. The standard InChI is InChI=1S/C14H19N3O4S/c1-15-13(18)9-10-17-14(19)8-5-11-3-6-12(7-4-11)22(20,21)16-2/h3-8,16H,9-10H2,1-2H3,(H,15,18)(H,17,19)/b8-5+. The van der Waals surface area contributed by atoms with Crippen LogP contribution in [0.2, 0.25) is 0 Å². The van der Waals surface area contributed by atoms with Gasteiger partial charge in [-0.15, -0.1) is 0 Å². The van der Waals surface area contributed by atoms with Crippen LogP contribution in [0.5, 0.6) is 0 Å². The Morgan fingerprint density at radius 3 is 2.32 bits per heavy atom. The van der Waals surface area contributed by atoms with Gasteiger partial charge in [0, 0.05) is 26.1 Å². The summed E-state index contributed by atoms with van der Waals surface area (Å²) < 4.78 is 25.3. The second-order valence-electron chi connectivity index (χ2n) is 4.32. The van der Waals surface area contributed by atoms with Crippen molar-refractivity contribution in [1.29, 1.82) is 0 Å². The quantitative estimate of drug-likeness (QED) is 0.607. The Kier molecular flexibility index (Phi) is 6.74. The van der Waals surface area contributed by atoms with Crippen molar-refractivity contribution >= 4 is 27.9 Å². The van der Waals surface area contributed by atoms with Crippen LogP contribution in [0.15, 0.2) is 35.2 Å². The molecule has 1 aromatic carbocycles. The van der Waals surface area contributed by atoms with Crippen molar-refractivity contribution in [2.75, 3.05) is 20.6 Å². The highest BCUT2D eigenvalue weighted by Crippen LogP contribution is 2.11. The molecule has 0 radical (unpaired) electrons. The van der Waals surface area contributed by atoms with Crippen LogP contribution >= 0.6 is 0 Å². The van der Waals surface area contributed by atoms with Crippen molar-refractivity contribution in [3.8, 4) is 0 Å². The van der Waals surface area contributed by atoms with E-state index in [2.05, 4.69) is 15.4 Å². The number of benzene rings is 1. The van der Waals surface area contributed by atoms with E-state index >= 15 is 0 Å². The molecular formula is C14H19N3O4S. The Balaban J connectivity index is 2.56. The van der Waals surface area contributed by atoms with Gasteiger partial charge in [-0.1, -0.05) is 12.1 Å². The molecule has 0 heterocycles. The van der Waals surface area contributed by atoms with E-state index in [1.165, 1.54) is 32.3 Å². The molecule has 120 valence electrons. The molecule has 0 saturated heterocycles. The van der Waals surface area contributed by atoms with Gasteiger partial charge < -0.3 is 10.6 Å². The first-order chi connectivity index (χ1) is 10.4. The fraction of sp³-hybridized carbons (Fsp3) is 0.286. The van der Waals surface area contributed by atoms with Gasteiger partial charge in [0.25, 0.3) is 0 Å². The highest BCUT2D eigenvalue weighted by molar-refractivity contribution is 7.89. The molecule has 0 atom stereocenters. The number of carbonyl (C=O) groups excluding carboxylic acids is 2. The van der Waals surface area contributed by atoms with E-state index < -0.39 is 10.0 Å². The van der Waals surface area contributed by atoms with Crippen LogP contribution in [0, 0.1) is 0 Å². The highest BCUT2D eigenvalue weighted by atomic mass is 32.2. The molecule has 0 aliphatic rings. The van der Waals surface area contributed by atoms with Crippen LogP contribution in [0.25, 0.3) is 6.08 Å². The summed E-state index contributed by atoms with van der Waals surface area (Å²) in [6.45, 7) is 0.252. The SMILES string of the molecule is CNC(=O)CCNC(=O)/C=C/c1ccc(S(=O)(=O)NC)cc1. The molecular weight excluding hydrogens is 306 g/mol. The molecule has 0 bridgehead atoms. The summed E-state index contributed by atoms with van der Waals surface area (Å²) in [5.41, 5.74) is 0.691. The topological polar surface area (TPSA) is 104 Å². The van der Waals surface area contributed by atoms with Gasteiger partial charge in [0.05, 0.1) is 4.90 Å². The van der Waals surface area contributed by atoms with Crippen LogP contribution < -0.4 is 15.4 Å². The molecule has 2 amide bonds. The van der Waals surface area contributed by atoms with E-state index in [4.69, 9.17) is 0 Å². The number of carbonyl (C=O) groups is 2. The van der Waals surface area contributed by atoms with Crippen LogP contribution in [-0.2, 0) is 19.6 Å². The first kappa shape index (κ1) is 17.9. The molecule has 0 saturated carbocycles. The monoisotopic (exact) mass is 325 g/mol. The van der Waals surface area contributed by atoms with E-state index in [1.807, 2.05) is 0 Å². The van der Waals surface area contributed by atoms with Gasteiger partial charge in [0.15, 0.2) is 0 Å². The van der Waals surface area contributed by atoms with Gasteiger partial charge in [-0.3, -0.25) is 9.59 Å². The Labute approximate surface area is 129 Å². The van der Waals surface area contributed by atoms with Gasteiger partial charge in [-0.2, -0.15) is 0 Å². The molecule has 3 N–H and O–H groups in total. The van der Waals surface area contributed by atoms with Gasteiger partial charge in [0.2, 0.25) is 21.8 Å². The fourth-order valence-corrected chi connectivity index (χ4v) is 2.26. The van der Waals surface area contributed by atoms with E-state index in [-0.39, 0.29) is 29.7 Å². The lowest BCUT2D eigenvalue weighted by Gasteiger charge is -2.03. The fourth-order valence-electron chi connectivity index (χ4n) is 1.53. The van der Waals surface area contributed by atoms with Crippen molar-refractivity contribution in [3.63, 3.8) is 0 Å². The van der Waals surface area contributed by atoms with E-state index in [1.54, 1.807) is 18.2 Å². The second kappa shape index (κ2) is 8.30. The minimum atomic E-state index is -3.46. The van der Waals surface area contributed by atoms with Crippen molar-refractivity contribution in [2.45, 2.75) is 11.3 Å². The third-order valence-corrected chi connectivity index (χ3v) is 4.25. The zero-order valence-electron chi connectivity index (χ0n) is 12.4. The summed E-state index contributed by atoms with van der Waals surface area (Å²) >= 11 is 0. The largest absolute Gasteiger partial charge is 0.359 e. The number of rotatable bonds is 7. The van der Waals surface area contributed by atoms with Gasteiger partial charge in [-0.25, -0.2) is 13.1 Å². The van der Waals surface area contributed by atoms with Gasteiger partial charge in [0.1, 0.15) is 0 Å². The summed E-state index contributed by atoms with van der Waals surface area (Å²) in [6, 6.07) is 6.10. The Bertz CT molecular complexity index is 651. The van der Waals surface area contributed by atoms with Crippen molar-refractivity contribution in [3.05, 3.63) is 35.9 Å². The first-order valence-electron chi connectivity index (χ1n) is 6.59. The average Bonchev–Trinajstić information content (AvgIpc) is 2.53. The molecule has 1 aromatic rings. The van der Waals surface area contributed by atoms with Crippen LogP contribution in [0.1, 0.15) is 12.0 Å². The number of nitrogens with one attached hydrogen (secondary N) is 3. The molecule has 0 spiro atoms. The minimum Gasteiger partial charge on any atom is -0.359 e. The third kappa shape index (κ3) is 5.66. The lowest BCUT2D eigenvalue weighted by atomic mass is 10.2. The molecule has 22 heavy (non-hydrogen) atoms. The zero-order valence-corrected chi connectivity index (χ0v) is 13.2. The van der Waals surface area contributed by atoms with Crippen molar-refractivity contribution in [1.82, 2.24) is 15.4 Å². The molecule has 0 aromatic heterocycles. The molecule has 0 aliphatic heterocycles. The molecule has 7 nitrogen and oxygen atoms in total. The summed E-state index contributed by atoms with van der Waals surface area (Å²) in [5.74, 6) is -0.471. The third-order valence-electron chi connectivity index (χ3n) is 2.82. The van der Waals surface area contributed by atoms with Crippen molar-refractivity contribution in [2.24, 2.45) is 0 Å². The summed E-state index contributed by atoms with van der Waals surface area (Å²) in [5, 5.41) is 5.03. The summed E-state index contributed by atoms with van der Waals surface area (Å²) in [7, 11) is -0.591. The van der Waals surface area contributed by atoms with Crippen molar-refractivity contribution < 1.29 is 18.0 Å². The van der Waals surface area contributed by atoms with E-state index in [0.717, 1.165) is 0 Å². The maximum Gasteiger partial charge on any atom is 0.244 e. The van der Waals surface area contributed by atoms with Crippen LogP contribution in [-0.4, -0.2) is 40.9 Å². The number of sulfonamides is 1. The average molecular weight is 325 g/mol. The second-order valence-corrected chi connectivity index (χ2v) is 6.21. The maximum absolute atomic E-state index is 11.6. The Hall–Kier alpha value is -2.19. The lowest BCUT2D eigenvalue weighted by Crippen LogP contribution is -2.27. The number of hydrogen-bond donors (Lipinski definition) is 3. The Morgan fingerprint density at radius 2 is 1.77 bits per heavy atom. The summed E-state index contributed by atoms with van der Waals surface area (Å²) in [6.07, 6.45) is 3.10.